The summed E-state index contributed by atoms with van der Waals surface area (Å²) in [7, 11) is 0. The second-order valence-electron chi connectivity index (χ2n) is 7.32. The van der Waals surface area contributed by atoms with E-state index in [1.54, 1.807) is 23.1 Å². The quantitative estimate of drug-likeness (QED) is 0.206. The summed E-state index contributed by atoms with van der Waals surface area (Å²) >= 11 is 10.2. The van der Waals surface area contributed by atoms with E-state index in [9.17, 15) is 14.9 Å². The van der Waals surface area contributed by atoms with Crippen LogP contribution in [0.2, 0.25) is 0 Å². The molecule has 2 fully saturated rings. The van der Waals surface area contributed by atoms with E-state index in [-0.39, 0.29) is 24.3 Å². The van der Waals surface area contributed by atoms with E-state index in [1.807, 2.05) is 18.2 Å². The Balaban J connectivity index is 1.50. The molecule has 2 heterocycles. The minimum absolute atomic E-state index is 0.0307. The van der Waals surface area contributed by atoms with Crippen molar-refractivity contribution in [2.45, 2.75) is 25.6 Å². The summed E-state index contributed by atoms with van der Waals surface area (Å²) < 4.78 is 13.0. The molecule has 0 aliphatic carbocycles. The molecule has 2 aliphatic heterocycles. The van der Waals surface area contributed by atoms with Gasteiger partial charge in [0.05, 0.1) is 22.5 Å². The van der Waals surface area contributed by atoms with E-state index in [1.165, 1.54) is 23.9 Å². The van der Waals surface area contributed by atoms with Crippen molar-refractivity contribution in [2.75, 3.05) is 13.2 Å². The number of hydrogen-bond acceptors (Lipinski definition) is 7. The zero-order valence-corrected chi connectivity index (χ0v) is 20.1. The lowest BCUT2D eigenvalue weighted by atomic mass is 10.1. The second kappa shape index (κ2) is 10.1. The number of nitrogens with zero attached hydrogens (tertiary/aromatic N) is 2. The Morgan fingerprint density at radius 3 is 2.78 bits per heavy atom. The van der Waals surface area contributed by atoms with Crippen molar-refractivity contribution in [3.63, 3.8) is 0 Å². The number of thioether (sulfide) groups is 1. The molecule has 0 saturated carbocycles. The Kier molecular flexibility index (Phi) is 7.24. The number of nitro benzene ring substituents is 1. The van der Waals surface area contributed by atoms with E-state index in [0.717, 1.165) is 35.0 Å². The van der Waals surface area contributed by atoms with Gasteiger partial charge in [0, 0.05) is 28.8 Å². The van der Waals surface area contributed by atoms with Gasteiger partial charge < -0.3 is 9.47 Å². The van der Waals surface area contributed by atoms with Crippen LogP contribution in [0.3, 0.4) is 0 Å². The Bertz CT molecular complexity index is 1080. The van der Waals surface area contributed by atoms with Gasteiger partial charge in [-0.1, -0.05) is 39.9 Å². The smallest absolute Gasteiger partial charge is 0.269 e. The summed E-state index contributed by atoms with van der Waals surface area (Å²) in [6.45, 7) is 1.44. The lowest BCUT2D eigenvalue weighted by Crippen LogP contribution is -2.35. The highest BCUT2D eigenvalue weighted by atomic mass is 79.9. The molecule has 166 valence electrons. The number of thiocarbonyl (C=S) groups is 1. The highest BCUT2D eigenvalue weighted by Gasteiger charge is 2.34. The Morgan fingerprint density at radius 1 is 1.31 bits per heavy atom. The van der Waals surface area contributed by atoms with Gasteiger partial charge >= 0.3 is 0 Å². The number of amides is 1. The molecule has 0 N–H and O–H groups in total. The average Bonchev–Trinajstić information content (AvgIpc) is 3.38. The summed E-state index contributed by atoms with van der Waals surface area (Å²) in [5.41, 5.74) is 1.56. The van der Waals surface area contributed by atoms with Crippen molar-refractivity contribution < 1.29 is 19.2 Å². The normalized spacial score (nSPS) is 19.7. The molecular formula is C22H19BrN2O5S2. The van der Waals surface area contributed by atoms with Crippen molar-refractivity contribution in [2.24, 2.45) is 0 Å². The molecule has 4 rings (SSSR count). The maximum atomic E-state index is 13.0. The van der Waals surface area contributed by atoms with Crippen LogP contribution in [0.25, 0.3) is 6.08 Å². The SMILES string of the molecule is O=C1/C(=C/c2cc(Br)ccc2OCc2ccc([N+](=O)[O-])cc2)SC(=S)N1C[C@@H]1CCCO1. The zero-order valence-electron chi connectivity index (χ0n) is 16.9. The van der Waals surface area contributed by atoms with E-state index in [2.05, 4.69) is 15.9 Å². The van der Waals surface area contributed by atoms with E-state index < -0.39 is 4.92 Å². The number of non-ortho nitro benzene ring substituents is 1. The fraction of sp³-hybridized carbons (Fsp3) is 0.273. The standard InChI is InChI=1S/C22H19BrN2O5S2/c23-16-5-8-19(30-13-14-3-6-17(7-4-14)25(27)28)15(10-16)11-20-21(26)24(22(31)32-20)12-18-2-1-9-29-18/h3-8,10-11,18H,1-2,9,12-13H2/b20-11-/t18-/m0/s1. The van der Waals surface area contributed by atoms with Crippen molar-refractivity contribution in [1.29, 1.82) is 0 Å². The second-order valence-corrected chi connectivity index (χ2v) is 9.91. The topological polar surface area (TPSA) is 81.9 Å². The molecule has 10 heteroatoms. The molecule has 7 nitrogen and oxygen atoms in total. The number of carbonyl (C=O) groups is 1. The van der Waals surface area contributed by atoms with Gasteiger partial charge in [0.15, 0.2) is 0 Å². The molecule has 0 unspecified atom stereocenters. The molecule has 2 saturated heterocycles. The van der Waals surface area contributed by atoms with Crippen LogP contribution in [0.1, 0.15) is 24.0 Å². The van der Waals surface area contributed by atoms with E-state index in [0.29, 0.717) is 21.5 Å². The summed E-state index contributed by atoms with van der Waals surface area (Å²) in [6, 6.07) is 11.7. The largest absolute Gasteiger partial charge is 0.488 e. The lowest BCUT2D eigenvalue weighted by molar-refractivity contribution is -0.384. The van der Waals surface area contributed by atoms with Gasteiger partial charge in [0.25, 0.3) is 11.6 Å². The summed E-state index contributed by atoms with van der Waals surface area (Å²) in [5.74, 6) is 0.466. The first-order chi connectivity index (χ1) is 15.4. The highest BCUT2D eigenvalue weighted by molar-refractivity contribution is 9.10. The van der Waals surface area contributed by atoms with Crippen LogP contribution in [-0.4, -0.2) is 39.3 Å². The monoisotopic (exact) mass is 534 g/mol. The molecule has 0 spiro atoms. The molecule has 0 radical (unpaired) electrons. The number of benzene rings is 2. The summed E-state index contributed by atoms with van der Waals surface area (Å²) in [4.78, 5) is 25.5. The van der Waals surface area contributed by atoms with E-state index >= 15 is 0 Å². The molecule has 32 heavy (non-hydrogen) atoms. The molecule has 1 amide bonds. The van der Waals surface area contributed by atoms with Crippen LogP contribution in [0.4, 0.5) is 5.69 Å². The molecule has 2 aliphatic rings. The molecule has 0 aromatic heterocycles. The highest BCUT2D eigenvalue weighted by Crippen LogP contribution is 2.36. The Hall–Kier alpha value is -2.27. The maximum absolute atomic E-state index is 13.0. The Morgan fingerprint density at radius 2 is 2.09 bits per heavy atom. The lowest BCUT2D eigenvalue weighted by Gasteiger charge is -2.18. The average molecular weight is 535 g/mol. The third-order valence-electron chi connectivity index (χ3n) is 5.08. The van der Waals surface area contributed by atoms with Crippen LogP contribution in [-0.2, 0) is 16.1 Å². The van der Waals surface area contributed by atoms with Gasteiger partial charge in [0.2, 0.25) is 0 Å². The number of halogens is 1. The van der Waals surface area contributed by atoms with Crippen molar-refractivity contribution in [3.8, 4) is 5.75 Å². The molecule has 0 bridgehead atoms. The van der Waals surface area contributed by atoms with Crippen molar-refractivity contribution in [3.05, 3.63) is 73.1 Å². The van der Waals surface area contributed by atoms with Gasteiger partial charge in [-0.25, -0.2) is 0 Å². The number of nitro groups is 1. The molecule has 2 aromatic carbocycles. The fourth-order valence-corrected chi connectivity index (χ4v) is 5.07. The summed E-state index contributed by atoms with van der Waals surface area (Å²) in [6.07, 6.45) is 3.75. The number of ether oxygens (including phenoxy) is 2. The number of carbonyl (C=O) groups excluding carboxylic acids is 1. The molecule has 1 atom stereocenters. The third kappa shape index (κ3) is 5.37. The van der Waals surface area contributed by atoms with Crippen molar-refractivity contribution >= 4 is 61.9 Å². The molecule has 2 aromatic rings. The predicted molar refractivity (Wildman–Crippen MR) is 130 cm³/mol. The van der Waals surface area contributed by atoms with Crippen LogP contribution in [0.15, 0.2) is 51.8 Å². The van der Waals surface area contributed by atoms with Gasteiger partial charge in [-0.15, -0.1) is 0 Å². The third-order valence-corrected chi connectivity index (χ3v) is 6.95. The zero-order chi connectivity index (χ0) is 22.7. The number of hydrogen-bond donors (Lipinski definition) is 0. The first-order valence-electron chi connectivity index (χ1n) is 9.93. The fourth-order valence-electron chi connectivity index (χ4n) is 3.43. The minimum atomic E-state index is -0.438. The molecular weight excluding hydrogens is 516 g/mol. The van der Waals surface area contributed by atoms with Crippen LogP contribution >= 0.6 is 39.9 Å². The van der Waals surface area contributed by atoms with Crippen LogP contribution < -0.4 is 4.74 Å². The van der Waals surface area contributed by atoms with E-state index in [4.69, 9.17) is 21.7 Å². The minimum Gasteiger partial charge on any atom is -0.488 e. The van der Waals surface area contributed by atoms with Gasteiger partial charge in [-0.3, -0.25) is 19.8 Å². The predicted octanol–water partition coefficient (Wildman–Crippen LogP) is 5.32. The maximum Gasteiger partial charge on any atom is 0.269 e. The summed E-state index contributed by atoms with van der Waals surface area (Å²) in [5, 5.41) is 10.8. The first-order valence-corrected chi connectivity index (χ1v) is 11.9. The van der Waals surface area contributed by atoms with Crippen molar-refractivity contribution in [1.82, 2.24) is 4.90 Å². The van der Waals surface area contributed by atoms with Crippen LogP contribution in [0, 0.1) is 10.1 Å². The van der Waals surface area contributed by atoms with Gasteiger partial charge in [0.1, 0.15) is 16.7 Å². The van der Waals surface area contributed by atoms with Gasteiger partial charge in [-0.2, -0.15) is 0 Å². The van der Waals surface area contributed by atoms with Gasteiger partial charge in [-0.05, 0) is 54.8 Å². The first kappa shape index (κ1) is 22.9. The Labute approximate surface area is 203 Å². The van der Waals surface area contributed by atoms with Crippen LogP contribution in [0.5, 0.6) is 5.75 Å². The number of rotatable bonds is 7.